The van der Waals surface area contributed by atoms with Gasteiger partial charge in [-0.2, -0.15) is 0 Å². The molecule has 1 aliphatic heterocycles. The topological polar surface area (TPSA) is 67.9 Å². The molecule has 1 N–H and O–H groups in total. The number of fused-ring (bicyclic) bond motifs is 1. The van der Waals surface area contributed by atoms with Crippen molar-refractivity contribution in [3.8, 4) is 5.75 Å². The number of methoxy groups -OCH3 is 1. The molecule has 6 nitrogen and oxygen atoms in total. The Bertz CT molecular complexity index is 821. The Kier molecular flexibility index (Phi) is 6.29. The van der Waals surface area contributed by atoms with Gasteiger partial charge in [-0.15, -0.1) is 0 Å². The van der Waals surface area contributed by atoms with E-state index >= 15 is 0 Å². The number of morpholine rings is 1. The van der Waals surface area contributed by atoms with Crippen molar-refractivity contribution in [2.45, 2.75) is 25.9 Å². The lowest BCUT2D eigenvalue weighted by Crippen LogP contribution is -2.42. The summed E-state index contributed by atoms with van der Waals surface area (Å²) in [6, 6.07) is 12.2. The Morgan fingerprint density at radius 1 is 1.22 bits per heavy atom. The highest BCUT2D eigenvalue weighted by Gasteiger charge is 2.25. The molecular weight excluding hydrogens is 344 g/mol. The molecule has 1 saturated heterocycles. The second-order valence-electron chi connectivity index (χ2n) is 6.76. The fourth-order valence-corrected chi connectivity index (χ4v) is 3.31. The molecule has 3 rings (SSSR count). The monoisotopic (exact) mass is 370 g/mol. The van der Waals surface area contributed by atoms with Crippen LogP contribution >= 0.6 is 0 Å². The maximum Gasteiger partial charge on any atom is 0.222 e. The molecule has 27 heavy (non-hydrogen) atoms. The molecule has 0 aliphatic carbocycles. The Morgan fingerprint density at radius 2 is 2.00 bits per heavy atom. The van der Waals surface area contributed by atoms with Crippen LogP contribution in [0.15, 0.2) is 36.4 Å². The normalized spacial score (nSPS) is 17.0. The highest BCUT2D eigenvalue weighted by Crippen LogP contribution is 2.28. The SMILES string of the molecule is COc1ccc2cc([C@H]3CN(C(=O)CCCNC(C)=O)CCO3)ccc2c1. The lowest BCUT2D eigenvalue weighted by molar-refractivity contribution is -0.139. The summed E-state index contributed by atoms with van der Waals surface area (Å²) in [5.74, 6) is 0.877. The molecule has 0 aromatic heterocycles. The Morgan fingerprint density at radius 3 is 2.78 bits per heavy atom. The maximum absolute atomic E-state index is 12.4. The van der Waals surface area contributed by atoms with Crippen molar-refractivity contribution in [2.75, 3.05) is 33.4 Å². The van der Waals surface area contributed by atoms with E-state index in [-0.39, 0.29) is 17.9 Å². The molecule has 2 aromatic carbocycles. The summed E-state index contributed by atoms with van der Waals surface area (Å²) in [7, 11) is 1.66. The van der Waals surface area contributed by atoms with Crippen LogP contribution in [0.25, 0.3) is 10.8 Å². The minimum absolute atomic E-state index is 0.0668. The Balaban J connectivity index is 1.62. The van der Waals surface area contributed by atoms with Crippen LogP contribution in [0.3, 0.4) is 0 Å². The molecule has 1 atom stereocenters. The summed E-state index contributed by atoms with van der Waals surface area (Å²) in [6.07, 6.45) is 0.965. The number of carbonyl (C=O) groups excluding carboxylic acids is 2. The number of hydrogen-bond donors (Lipinski definition) is 1. The van der Waals surface area contributed by atoms with E-state index < -0.39 is 0 Å². The second kappa shape index (κ2) is 8.86. The minimum Gasteiger partial charge on any atom is -0.497 e. The number of ether oxygens (including phenoxy) is 2. The first-order valence-corrected chi connectivity index (χ1v) is 9.28. The predicted molar refractivity (Wildman–Crippen MR) is 104 cm³/mol. The molecule has 0 spiro atoms. The van der Waals surface area contributed by atoms with Gasteiger partial charge in [0.15, 0.2) is 0 Å². The fourth-order valence-electron chi connectivity index (χ4n) is 3.31. The highest BCUT2D eigenvalue weighted by atomic mass is 16.5. The predicted octanol–water partition coefficient (Wildman–Crippen LogP) is 2.66. The minimum atomic E-state index is -0.121. The van der Waals surface area contributed by atoms with E-state index in [4.69, 9.17) is 9.47 Å². The first-order valence-electron chi connectivity index (χ1n) is 9.28. The third-order valence-electron chi connectivity index (χ3n) is 4.80. The molecule has 2 amide bonds. The van der Waals surface area contributed by atoms with Crippen molar-refractivity contribution < 1.29 is 19.1 Å². The Labute approximate surface area is 159 Å². The molecule has 0 unspecified atom stereocenters. The quantitative estimate of drug-likeness (QED) is 0.794. The highest BCUT2D eigenvalue weighted by molar-refractivity contribution is 5.84. The number of hydrogen-bond acceptors (Lipinski definition) is 4. The molecular formula is C21H26N2O4. The number of benzene rings is 2. The summed E-state index contributed by atoms with van der Waals surface area (Å²) in [5, 5.41) is 4.95. The van der Waals surface area contributed by atoms with E-state index in [9.17, 15) is 9.59 Å². The number of amides is 2. The zero-order valence-corrected chi connectivity index (χ0v) is 15.9. The molecule has 1 fully saturated rings. The van der Waals surface area contributed by atoms with E-state index in [1.807, 2.05) is 23.1 Å². The molecule has 2 aromatic rings. The summed E-state index contributed by atoms with van der Waals surface area (Å²) < 4.78 is 11.2. The van der Waals surface area contributed by atoms with Crippen LogP contribution < -0.4 is 10.1 Å². The maximum atomic E-state index is 12.4. The van der Waals surface area contributed by atoms with Crippen LogP contribution in [0.2, 0.25) is 0 Å². The van der Waals surface area contributed by atoms with Gasteiger partial charge >= 0.3 is 0 Å². The Hall–Kier alpha value is -2.60. The van der Waals surface area contributed by atoms with Crippen LogP contribution in [-0.4, -0.2) is 50.1 Å². The van der Waals surface area contributed by atoms with Gasteiger partial charge in [0.2, 0.25) is 11.8 Å². The summed E-state index contributed by atoms with van der Waals surface area (Å²) in [6.45, 7) is 3.71. The summed E-state index contributed by atoms with van der Waals surface area (Å²) in [5.41, 5.74) is 1.07. The molecule has 0 bridgehead atoms. The van der Waals surface area contributed by atoms with Gasteiger partial charge in [-0.25, -0.2) is 0 Å². The van der Waals surface area contributed by atoms with Crippen molar-refractivity contribution in [2.24, 2.45) is 0 Å². The zero-order chi connectivity index (χ0) is 19.2. The number of nitrogens with zero attached hydrogens (tertiary/aromatic N) is 1. The first-order chi connectivity index (χ1) is 13.1. The molecule has 6 heteroatoms. The van der Waals surface area contributed by atoms with Crippen molar-refractivity contribution in [3.05, 3.63) is 42.0 Å². The number of rotatable bonds is 6. The first kappa shape index (κ1) is 19.2. The second-order valence-corrected chi connectivity index (χ2v) is 6.76. The van der Waals surface area contributed by atoms with Crippen LogP contribution in [0, 0.1) is 0 Å². The fraction of sp³-hybridized carbons (Fsp3) is 0.429. The van der Waals surface area contributed by atoms with Crippen molar-refractivity contribution in [1.82, 2.24) is 10.2 Å². The smallest absolute Gasteiger partial charge is 0.222 e. The van der Waals surface area contributed by atoms with Gasteiger partial charge in [0, 0.05) is 26.4 Å². The standard InChI is InChI=1S/C21H26N2O4/c1-15(24)22-9-3-4-21(25)23-10-11-27-20(14-23)18-6-5-17-13-19(26-2)8-7-16(17)12-18/h5-8,12-13,20H,3-4,9-11,14H2,1-2H3,(H,22,24)/t20-/m1/s1. The van der Waals surface area contributed by atoms with Gasteiger partial charge in [-0.3, -0.25) is 9.59 Å². The molecule has 0 radical (unpaired) electrons. The van der Waals surface area contributed by atoms with Crippen LogP contribution in [0.5, 0.6) is 5.75 Å². The van der Waals surface area contributed by atoms with Gasteiger partial charge in [0.1, 0.15) is 11.9 Å². The number of nitrogens with one attached hydrogen (secondary N) is 1. The number of carbonyl (C=O) groups is 2. The van der Waals surface area contributed by atoms with E-state index in [1.54, 1.807) is 7.11 Å². The van der Waals surface area contributed by atoms with E-state index in [1.165, 1.54) is 6.92 Å². The van der Waals surface area contributed by atoms with Gasteiger partial charge in [-0.05, 0) is 41.0 Å². The van der Waals surface area contributed by atoms with Gasteiger partial charge < -0.3 is 19.7 Å². The summed E-state index contributed by atoms with van der Waals surface area (Å²) >= 11 is 0. The van der Waals surface area contributed by atoms with Crippen LogP contribution in [0.1, 0.15) is 31.4 Å². The van der Waals surface area contributed by atoms with E-state index in [2.05, 4.69) is 23.5 Å². The zero-order valence-electron chi connectivity index (χ0n) is 15.9. The molecule has 144 valence electrons. The van der Waals surface area contributed by atoms with Gasteiger partial charge in [0.25, 0.3) is 0 Å². The third kappa shape index (κ3) is 4.98. The van der Waals surface area contributed by atoms with Gasteiger partial charge in [-0.1, -0.05) is 18.2 Å². The van der Waals surface area contributed by atoms with Crippen molar-refractivity contribution in [1.29, 1.82) is 0 Å². The molecule has 1 aliphatic rings. The van der Waals surface area contributed by atoms with E-state index in [0.717, 1.165) is 22.1 Å². The third-order valence-corrected chi connectivity index (χ3v) is 4.80. The van der Waals surface area contributed by atoms with E-state index in [0.29, 0.717) is 39.1 Å². The molecule has 0 saturated carbocycles. The molecule has 1 heterocycles. The van der Waals surface area contributed by atoms with Crippen LogP contribution in [0.4, 0.5) is 0 Å². The largest absolute Gasteiger partial charge is 0.497 e. The lowest BCUT2D eigenvalue weighted by Gasteiger charge is -2.33. The van der Waals surface area contributed by atoms with Crippen molar-refractivity contribution in [3.63, 3.8) is 0 Å². The van der Waals surface area contributed by atoms with Crippen LogP contribution in [-0.2, 0) is 14.3 Å². The average molecular weight is 370 g/mol. The average Bonchev–Trinajstić information content (AvgIpc) is 2.70. The lowest BCUT2D eigenvalue weighted by atomic mass is 10.0. The summed E-state index contributed by atoms with van der Waals surface area (Å²) in [4.78, 5) is 25.2. The van der Waals surface area contributed by atoms with Gasteiger partial charge in [0.05, 0.1) is 20.3 Å². The van der Waals surface area contributed by atoms with Crippen molar-refractivity contribution >= 4 is 22.6 Å².